The van der Waals surface area contributed by atoms with Gasteiger partial charge in [-0.15, -0.1) is 0 Å². The summed E-state index contributed by atoms with van der Waals surface area (Å²) in [5.74, 6) is 0. The summed E-state index contributed by atoms with van der Waals surface area (Å²) in [4.78, 5) is 1.55. The maximum atomic E-state index is 5.93. The Morgan fingerprint density at radius 3 is 2.65 bits per heavy atom. The molecule has 0 aliphatic carbocycles. The molecule has 20 heavy (non-hydrogen) atoms. The van der Waals surface area contributed by atoms with Crippen molar-refractivity contribution in [3.63, 3.8) is 0 Å². The molecule has 0 aromatic heterocycles. The summed E-state index contributed by atoms with van der Waals surface area (Å²) < 4.78 is 11.7. The number of ether oxygens (including phenoxy) is 2. The standard InChI is InChI=1S/C16H32N2O2/c1-15(2)11-16(7-9-20-15,13-18(3)4)12-17-10-14-6-5-8-19-14/h14,17H,5-13H2,1-4H3/p+2/t14-,16-/m1/s1. The minimum Gasteiger partial charge on any atom is -0.376 e. The number of hydrogen-bond acceptors (Lipinski definition) is 2. The maximum Gasteiger partial charge on any atom is 0.106 e. The quantitative estimate of drug-likeness (QED) is 0.688. The molecule has 0 radical (unpaired) electrons. The van der Waals surface area contributed by atoms with Gasteiger partial charge in [-0.25, -0.2) is 0 Å². The van der Waals surface area contributed by atoms with Crippen molar-refractivity contribution in [3.05, 3.63) is 0 Å². The zero-order valence-electron chi connectivity index (χ0n) is 13.8. The smallest absolute Gasteiger partial charge is 0.106 e. The molecular formula is C16H34N2O2+2. The zero-order valence-corrected chi connectivity index (χ0v) is 13.8. The second-order valence-corrected chi connectivity index (χ2v) is 7.78. The molecule has 2 fully saturated rings. The number of nitrogens with two attached hydrogens (primary N) is 1. The lowest BCUT2D eigenvalue weighted by molar-refractivity contribution is -0.870. The lowest BCUT2D eigenvalue weighted by Crippen LogP contribution is -3.08. The van der Waals surface area contributed by atoms with Gasteiger partial charge in [-0.2, -0.15) is 0 Å². The molecular weight excluding hydrogens is 252 g/mol. The summed E-state index contributed by atoms with van der Waals surface area (Å²) in [6.45, 7) is 9.94. The van der Waals surface area contributed by atoms with Gasteiger partial charge in [-0.3, -0.25) is 0 Å². The van der Waals surface area contributed by atoms with E-state index in [1.54, 1.807) is 4.90 Å². The van der Waals surface area contributed by atoms with Gasteiger partial charge < -0.3 is 19.7 Å². The van der Waals surface area contributed by atoms with Crippen LogP contribution in [0.25, 0.3) is 0 Å². The highest BCUT2D eigenvalue weighted by molar-refractivity contribution is 4.89. The van der Waals surface area contributed by atoms with E-state index in [2.05, 4.69) is 33.3 Å². The van der Waals surface area contributed by atoms with Gasteiger partial charge in [0.1, 0.15) is 12.6 Å². The number of nitrogens with one attached hydrogen (secondary N) is 1. The topological polar surface area (TPSA) is 39.5 Å². The van der Waals surface area contributed by atoms with Crippen LogP contribution in [0.3, 0.4) is 0 Å². The van der Waals surface area contributed by atoms with E-state index >= 15 is 0 Å². The Morgan fingerprint density at radius 1 is 1.25 bits per heavy atom. The van der Waals surface area contributed by atoms with E-state index in [9.17, 15) is 0 Å². The minimum atomic E-state index is 0.0331. The first-order valence-corrected chi connectivity index (χ1v) is 8.27. The Kier molecular flexibility index (Phi) is 5.46. The maximum absolute atomic E-state index is 5.93. The fourth-order valence-corrected chi connectivity index (χ4v) is 4.14. The van der Waals surface area contributed by atoms with Crippen LogP contribution < -0.4 is 10.2 Å². The summed E-state index contributed by atoms with van der Waals surface area (Å²) in [7, 11) is 4.54. The van der Waals surface area contributed by atoms with Crippen LogP contribution in [0.15, 0.2) is 0 Å². The van der Waals surface area contributed by atoms with Crippen molar-refractivity contribution < 1.29 is 19.7 Å². The van der Waals surface area contributed by atoms with Crippen molar-refractivity contribution in [1.82, 2.24) is 0 Å². The van der Waals surface area contributed by atoms with Crippen molar-refractivity contribution >= 4 is 0 Å². The van der Waals surface area contributed by atoms with Crippen LogP contribution in [0.5, 0.6) is 0 Å². The van der Waals surface area contributed by atoms with Gasteiger partial charge in [0.2, 0.25) is 0 Å². The monoisotopic (exact) mass is 286 g/mol. The number of quaternary nitrogens is 2. The molecule has 4 heteroatoms. The van der Waals surface area contributed by atoms with E-state index in [4.69, 9.17) is 9.47 Å². The van der Waals surface area contributed by atoms with Crippen LogP contribution in [0.2, 0.25) is 0 Å². The molecule has 0 aromatic rings. The highest BCUT2D eigenvalue weighted by Gasteiger charge is 2.44. The van der Waals surface area contributed by atoms with E-state index in [0.29, 0.717) is 11.5 Å². The van der Waals surface area contributed by atoms with Crippen LogP contribution in [0.1, 0.15) is 39.5 Å². The molecule has 3 N–H and O–H groups in total. The van der Waals surface area contributed by atoms with Crippen molar-refractivity contribution in [2.24, 2.45) is 5.41 Å². The SMILES string of the molecule is C[NH+](C)C[C@]1(C[NH2+]C[C@H]2CCCO2)CCOC(C)(C)C1. The highest BCUT2D eigenvalue weighted by atomic mass is 16.5. The molecule has 118 valence electrons. The second kappa shape index (κ2) is 6.73. The Balaban J connectivity index is 1.88. The lowest BCUT2D eigenvalue weighted by atomic mass is 9.73. The summed E-state index contributed by atoms with van der Waals surface area (Å²) in [5, 5.41) is 2.50. The molecule has 2 aliphatic heterocycles. The first-order chi connectivity index (χ1) is 9.41. The van der Waals surface area contributed by atoms with E-state index in [0.717, 1.165) is 19.8 Å². The van der Waals surface area contributed by atoms with Crippen LogP contribution in [0.4, 0.5) is 0 Å². The third-order valence-corrected chi connectivity index (χ3v) is 4.69. The average molecular weight is 286 g/mol. The minimum absolute atomic E-state index is 0.0331. The predicted octanol–water partition coefficient (Wildman–Crippen LogP) is -0.551. The highest BCUT2D eigenvalue weighted by Crippen LogP contribution is 2.36. The molecule has 4 nitrogen and oxygen atoms in total. The van der Waals surface area contributed by atoms with Crippen molar-refractivity contribution in [3.8, 4) is 0 Å². The van der Waals surface area contributed by atoms with E-state index < -0.39 is 0 Å². The predicted molar refractivity (Wildman–Crippen MR) is 80.0 cm³/mol. The molecule has 0 saturated carbocycles. The Hall–Kier alpha value is -0.160. The normalized spacial score (nSPS) is 33.8. The summed E-state index contributed by atoms with van der Waals surface area (Å²) >= 11 is 0. The summed E-state index contributed by atoms with van der Waals surface area (Å²) in [6, 6.07) is 0. The van der Waals surface area contributed by atoms with E-state index in [1.807, 2.05) is 0 Å². The van der Waals surface area contributed by atoms with Crippen LogP contribution in [-0.4, -0.2) is 58.6 Å². The van der Waals surface area contributed by atoms with Gasteiger partial charge in [0.25, 0.3) is 0 Å². The number of rotatable bonds is 6. The first kappa shape index (κ1) is 16.2. The fourth-order valence-electron chi connectivity index (χ4n) is 4.14. The summed E-state index contributed by atoms with van der Waals surface area (Å²) in [6.07, 6.45) is 5.35. The Labute approximate surface area is 124 Å². The molecule has 2 saturated heterocycles. The van der Waals surface area contributed by atoms with Crippen molar-refractivity contribution in [2.75, 3.05) is 46.9 Å². The zero-order chi connectivity index (χ0) is 14.6. The molecule has 2 aliphatic rings. The third kappa shape index (κ3) is 4.69. The molecule has 2 rings (SSSR count). The van der Waals surface area contributed by atoms with Crippen LogP contribution in [0, 0.1) is 5.41 Å². The van der Waals surface area contributed by atoms with Crippen LogP contribution >= 0.6 is 0 Å². The average Bonchev–Trinajstić information content (AvgIpc) is 2.79. The van der Waals surface area contributed by atoms with Crippen molar-refractivity contribution in [1.29, 1.82) is 0 Å². The fraction of sp³-hybridized carbons (Fsp3) is 1.00. The van der Waals surface area contributed by atoms with Gasteiger partial charge in [0, 0.05) is 13.2 Å². The van der Waals surface area contributed by atoms with Gasteiger partial charge >= 0.3 is 0 Å². The molecule has 2 atom stereocenters. The van der Waals surface area contributed by atoms with Crippen LogP contribution in [-0.2, 0) is 9.47 Å². The molecule has 0 spiro atoms. The van der Waals surface area contributed by atoms with Gasteiger partial charge in [0.05, 0.1) is 38.2 Å². The summed E-state index contributed by atoms with van der Waals surface area (Å²) in [5.41, 5.74) is 0.449. The first-order valence-electron chi connectivity index (χ1n) is 8.27. The number of hydrogen-bond donors (Lipinski definition) is 2. The van der Waals surface area contributed by atoms with E-state index in [1.165, 1.54) is 38.8 Å². The molecule has 0 aromatic carbocycles. The Morgan fingerprint density at radius 2 is 2.05 bits per heavy atom. The van der Waals surface area contributed by atoms with E-state index in [-0.39, 0.29) is 5.60 Å². The second-order valence-electron chi connectivity index (χ2n) is 7.78. The van der Waals surface area contributed by atoms with Gasteiger partial charge in [-0.1, -0.05) is 0 Å². The van der Waals surface area contributed by atoms with Gasteiger partial charge in [0.15, 0.2) is 0 Å². The largest absolute Gasteiger partial charge is 0.376 e. The molecule has 0 unspecified atom stereocenters. The molecule has 0 amide bonds. The molecule has 2 heterocycles. The third-order valence-electron chi connectivity index (χ3n) is 4.69. The molecule has 0 bridgehead atoms. The lowest BCUT2D eigenvalue weighted by Gasteiger charge is -2.43. The Bertz CT molecular complexity index is 301. The van der Waals surface area contributed by atoms with Crippen molar-refractivity contribution in [2.45, 2.75) is 51.2 Å². The van der Waals surface area contributed by atoms with Gasteiger partial charge in [-0.05, 0) is 39.5 Å².